The fraction of sp³-hybridized carbons (Fsp3) is 0.800. The molecule has 0 radical (unpaired) electrons. The van der Waals surface area contributed by atoms with Crippen LogP contribution >= 0.6 is 0 Å². The van der Waals surface area contributed by atoms with E-state index in [1.807, 2.05) is 6.08 Å². The van der Waals surface area contributed by atoms with Gasteiger partial charge in [0.05, 0.1) is 6.61 Å². The van der Waals surface area contributed by atoms with Crippen molar-refractivity contribution in [2.24, 2.45) is 28.9 Å². The number of hydrogen-bond donors (Lipinski definition) is 2. The molecule has 2 saturated heterocycles. The van der Waals surface area contributed by atoms with E-state index in [0.717, 1.165) is 19.3 Å². The molecule has 0 spiro atoms. The third-order valence-electron chi connectivity index (χ3n) is 5.98. The van der Waals surface area contributed by atoms with E-state index >= 15 is 0 Å². The Morgan fingerprint density at radius 2 is 2.32 bits per heavy atom. The average molecular weight is 265 g/mol. The molecule has 0 aromatic rings. The molecule has 4 unspecified atom stereocenters. The minimum atomic E-state index is -0.867. The zero-order chi connectivity index (χ0) is 13.8. The first-order valence-electron chi connectivity index (χ1n) is 7.22. The van der Waals surface area contributed by atoms with Crippen molar-refractivity contribution in [3.8, 4) is 0 Å². The zero-order valence-electron chi connectivity index (χ0n) is 11.7. The van der Waals surface area contributed by atoms with Crippen molar-refractivity contribution >= 4 is 5.91 Å². The Morgan fingerprint density at radius 3 is 2.89 bits per heavy atom. The summed E-state index contributed by atoms with van der Waals surface area (Å²) in [7, 11) is 0. The van der Waals surface area contributed by atoms with Gasteiger partial charge in [-0.05, 0) is 38.0 Å². The van der Waals surface area contributed by atoms with Crippen LogP contribution < -0.4 is 5.73 Å². The molecule has 2 heterocycles. The number of rotatable bonds is 4. The number of nitrogens with two attached hydrogens (primary N) is 1. The molecule has 3 saturated carbocycles. The monoisotopic (exact) mass is 265 g/mol. The van der Waals surface area contributed by atoms with Crippen LogP contribution in [0.15, 0.2) is 11.6 Å². The van der Waals surface area contributed by atoms with Crippen molar-refractivity contribution < 1.29 is 14.6 Å². The predicted molar refractivity (Wildman–Crippen MR) is 70.9 cm³/mol. The molecule has 5 atom stereocenters. The van der Waals surface area contributed by atoms with Gasteiger partial charge in [-0.1, -0.05) is 13.0 Å². The molecule has 106 valence electrons. The molecule has 0 aromatic heterocycles. The van der Waals surface area contributed by atoms with Gasteiger partial charge in [-0.2, -0.15) is 0 Å². The van der Waals surface area contributed by atoms with Gasteiger partial charge in [0.1, 0.15) is 0 Å². The third-order valence-corrected chi connectivity index (χ3v) is 5.98. The van der Waals surface area contributed by atoms with Gasteiger partial charge < -0.3 is 15.6 Å². The lowest BCUT2D eigenvalue weighted by molar-refractivity contribution is -0.395. The molecule has 0 aromatic carbocycles. The SMILES string of the molecule is C/C(=C\CCC12COC3(O)CC1CC2[C@@H]3C)C(N)=O. The highest BCUT2D eigenvalue weighted by Gasteiger charge is 2.69. The van der Waals surface area contributed by atoms with E-state index in [1.165, 1.54) is 6.42 Å². The van der Waals surface area contributed by atoms with Crippen LogP contribution in [0.4, 0.5) is 0 Å². The van der Waals surface area contributed by atoms with Crippen LogP contribution in [0.5, 0.6) is 0 Å². The first-order chi connectivity index (χ1) is 8.89. The second kappa shape index (κ2) is 4.06. The van der Waals surface area contributed by atoms with E-state index < -0.39 is 5.79 Å². The number of aliphatic hydroxyl groups is 1. The van der Waals surface area contributed by atoms with Gasteiger partial charge >= 0.3 is 0 Å². The Kier molecular flexibility index (Phi) is 2.81. The zero-order valence-corrected chi connectivity index (χ0v) is 11.7. The molecular weight excluding hydrogens is 242 g/mol. The first-order valence-corrected chi connectivity index (χ1v) is 7.22. The van der Waals surface area contributed by atoms with Crippen LogP contribution in [0.25, 0.3) is 0 Å². The summed E-state index contributed by atoms with van der Waals surface area (Å²) in [6.45, 7) is 4.55. The number of hydrogen-bond acceptors (Lipinski definition) is 3. The summed E-state index contributed by atoms with van der Waals surface area (Å²) in [6, 6.07) is 0. The van der Waals surface area contributed by atoms with Crippen molar-refractivity contribution in [2.45, 2.75) is 45.3 Å². The Balaban J connectivity index is 1.69. The largest absolute Gasteiger partial charge is 0.366 e. The van der Waals surface area contributed by atoms with Crippen LogP contribution in [0.1, 0.15) is 39.5 Å². The number of allylic oxidation sites excluding steroid dienone is 1. The summed E-state index contributed by atoms with van der Waals surface area (Å²) in [5, 5.41) is 10.4. The van der Waals surface area contributed by atoms with Gasteiger partial charge in [-0.3, -0.25) is 4.79 Å². The van der Waals surface area contributed by atoms with Crippen LogP contribution in [0, 0.1) is 23.2 Å². The quantitative estimate of drug-likeness (QED) is 0.758. The van der Waals surface area contributed by atoms with E-state index in [9.17, 15) is 9.90 Å². The van der Waals surface area contributed by atoms with Gasteiger partial charge in [-0.15, -0.1) is 0 Å². The van der Waals surface area contributed by atoms with Crippen LogP contribution in [-0.4, -0.2) is 23.4 Å². The first kappa shape index (κ1) is 13.1. The summed E-state index contributed by atoms with van der Waals surface area (Å²) in [4.78, 5) is 11.0. The van der Waals surface area contributed by atoms with E-state index in [0.29, 0.717) is 24.0 Å². The minimum Gasteiger partial charge on any atom is -0.366 e. The fourth-order valence-electron chi connectivity index (χ4n) is 4.55. The van der Waals surface area contributed by atoms with Gasteiger partial charge in [0.15, 0.2) is 5.79 Å². The lowest BCUT2D eigenvalue weighted by atomic mass is 9.40. The van der Waals surface area contributed by atoms with Gasteiger partial charge in [0.2, 0.25) is 5.91 Å². The molecule has 3 aliphatic carbocycles. The van der Waals surface area contributed by atoms with E-state index in [2.05, 4.69) is 6.92 Å². The maximum absolute atomic E-state index is 11.0. The molecule has 4 bridgehead atoms. The molecule has 2 aliphatic heterocycles. The molecule has 1 amide bonds. The lowest BCUT2D eigenvalue weighted by Crippen LogP contribution is -2.71. The van der Waals surface area contributed by atoms with Crippen molar-refractivity contribution in [1.82, 2.24) is 0 Å². The van der Waals surface area contributed by atoms with Gasteiger partial charge in [0, 0.05) is 23.3 Å². The third kappa shape index (κ3) is 1.69. The molecule has 4 heteroatoms. The molecule has 5 aliphatic rings. The standard InChI is InChI=1S/C15H23NO3/c1-9(13(16)17)4-3-5-14-8-19-15(18)7-11(14)6-12(14)10(15)2/h4,10-12,18H,3,5-8H2,1-2H3,(H2,16,17)/b9-4+/t10-,11?,12?,14?,15?/m0/s1. The maximum Gasteiger partial charge on any atom is 0.244 e. The van der Waals surface area contributed by atoms with Crippen LogP contribution in [-0.2, 0) is 9.53 Å². The average Bonchev–Trinajstić information content (AvgIpc) is 2.34. The Morgan fingerprint density at radius 1 is 1.58 bits per heavy atom. The number of carbonyl (C=O) groups is 1. The molecule has 4 nitrogen and oxygen atoms in total. The highest BCUT2D eigenvalue weighted by atomic mass is 16.6. The number of fused-ring (bicyclic) bond motifs is 1. The van der Waals surface area contributed by atoms with Crippen molar-refractivity contribution in [3.05, 3.63) is 11.6 Å². The smallest absolute Gasteiger partial charge is 0.244 e. The molecule has 5 fully saturated rings. The van der Waals surface area contributed by atoms with E-state index in [-0.39, 0.29) is 17.2 Å². The second-order valence-electron chi connectivity index (χ2n) is 6.69. The summed E-state index contributed by atoms with van der Waals surface area (Å²) < 4.78 is 5.73. The fourth-order valence-corrected chi connectivity index (χ4v) is 4.55. The highest BCUT2D eigenvalue weighted by molar-refractivity contribution is 5.91. The normalized spacial score (nSPS) is 47.9. The van der Waals surface area contributed by atoms with Crippen molar-refractivity contribution in [3.63, 3.8) is 0 Å². The van der Waals surface area contributed by atoms with Crippen LogP contribution in [0.2, 0.25) is 0 Å². The summed E-state index contributed by atoms with van der Waals surface area (Å²) in [6.07, 6.45) is 5.86. The minimum absolute atomic E-state index is 0.229. The second-order valence-corrected chi connectivity index (χ2v) is 6.69. The maximum atomic E-state index is 11.0. The van der Waals surface area contributed by atoms with E-state index in [1.54, 1.807) is 6.92 Å². The number of ether oxygens (including phenoxy) is 1. The van der Waals surface area contributed by atoms with Crippen molar-refractivity contribution in [1.29, 1.82) is 0 Å². The van der Waals surface area contributed by atoms with Crippen LogP contribution in [0.3, 0.4) is 0 Å². The topological polar surface area (TPSA) is 72.6 Å². The Bertz CT molecular complexity index is 447. The molecular formula is C15H23NO3. The molecule has 5 rings (SSSR count). The van der Waals surface area contributed by atoms with Crippen molar-refractivity contribution in [2.75, 3.05) is 6.61 Å². The van der Waals surface area contributed by atoms with Gasteiger partial charge in [0.25, 0.3) is 0 Å². The van der Waals surface area contributed by atoms with Gasteiger partial charge in [-0.25, -0.2) is 0 Å². The molecule has 3 N–H and O–H groups in total. The Labute approximate surface area is 114 Å². The number of primary amides is 1. The number of carbonyl (C=O) groups excluding carboxylic acids is 1. The summed E-state index contributed by atoms with van der Waals surface area (Å²) >= 11 is 0. The lowest BCUT2D eigenvalue weighted by Gasteiger charge is -2.70. The predicted octanol–water partition coefficient (Wildman–Crippen LogP) is 1.58. The number of amides is 1. The summed E-state index contributed by atoms with van der Waals surface area (Å²) in [5.74, 6) is 0.192. The highest BCUT2D eigenvalue weighted by Crippen LogP contribution is 2.69. The molecule has 19 heavy (non-hydrogen) atoms. The van der Waals surface area contributed by atoms with E-state index in [4.69, 9.17) is 10.5 Å². The Hall–Kier alpha value is -0.870. The summed E-state index contributed by atoms with van der Waals surface area (Å²) in [5.41, 5.74) is 6.11.